The van der Waals surface area contributed by atoms with Crippen LogP contribution < -0.4 is 14.4 Å². The normalized spacial score (nSPS) is 16.4. The van der Waals surface area contributed by atoms with Crippen LogP contribution >= 0.6 is 11.8 Å². The number of hydrogen-bond donors (Lipinski definition) is 1. The standard InChI is InChI=1S/C22H26N2O3S/c1-17-2-4-18(5-3-17)14-28-15-22(25)24-10-8-23(9-11-24)13-19-6-7-20-21(12-19)27-16-26-20/h2-7,12H,8-11,13-16H2,1H3/p+1. The summed E-state index contributed by atoms with van der Waals surface area (Å²) in [4.78, 5) is 16.0. The smallest absolute Gasteiger partial charge is 0.232 e. The lowest BCUT2D eigenvalue weighted by molar-refractivity contribution is -0.917. The molecule has 1 amide bonds. The Bertz CT molecular complexity index is 817. The lowest BCUT2D eigenvalue weighted by atomic mass is 10.1. The number of rotatable bonds is 6. The summed E-state index contributed by atoms with van der Waals surface area (Å²) in [6.45, 7) is 7.02. The number of ether oxygens (including phenoxy) is 2. The SMILES string of the molecule is Cc1ccc(CSCC(=O)N2CC[NH+](Cc3ccc4c(c3)OCO4)CC2)cc1. The van der Waals surface area contributed by atoms with Crippen molar-refractivity contribution in [1.29, 1.82) is 0 Å². The number of piperazine rings is 1. The number of carbonyl (C=O) groups excluding carboxylic acids is 1. The fourth-order valence-corrected chi connectivity index (χ4v) is 4.51. The summed E-state index contributed by atoms with van der Waals surface area (Å²) in [6, 6.07) is 14.7. The predicted molar refractivity (Wildman–Crippen MR) is 111 cm³/mol. The minimum absolute atomic E-state index is 0.263. The van der Waals surface area contributed by atoms with E-state index in [9.17, 15) is 4.79 Å². The van der Waals surface area contributed by atoms with Crippen molar-refractivity contribution in [3.8, 4) is 11.5 Å². The number of hydrogen-bond acceptors (Lipinski definition) is 4. The summed E-state index contributed by atoms with van der Waals surface area (Å²) >= 11 is 1.70. The molecule has 1 fully saturated rings. The van der Waals surface area contributed by atoms with Crippen LogP contribution in [0, 0.1) is 6.92 Å². The third-order valence-electron chi connectivity index (χ3n) is 5.33. The van der Waals surface area contributed by atoms with Crippen LogP contribution in [0.5, 0.6) is 11.5 Å². The average Bonchev–Trinajstić information content (AvgIpc) is 3.18. The maximum atomic E-state index is 12.5. The zero-order valence-electron chi connectivity index (χ0n) is 16.3. The van der Waals surface area contributed by atoms with Crippen molar-refractivity contribution in [2.45, 2.75) is 19.2 Å². The van der Waals surface area contributed by atoms with Crippen molar-refractivity contribution in [3.63, 3.8) is 0 Å². The van der Waals surface area contributed by atoms with E-state index in [0.29, 0.717) is 12.5 Å². The summed E-state index contributed by atoms with van der Waals surface area (Å²) < 4.78 is 10.8. The number of thioether (sulfide) groups is 1. The Kier molecular flexibility index (Phi) is 6.07. The van der Waals surface area contributed by atoms with Crippen LogP contribution in [0.4, 0.5) is 0 Å². The molecule has 1 saturated heterocycles. The minimum atomic E-state index is 0.263. The molecule has 2 aliphatic rings. The summed E-state index contributed by atoms with van der Waals surface area (Å²) in [5.41, 5.74) is 3.81. The number of benzene rings is 2. The molecule has 0 aromatic heterocycles. The highest BCUT2D eigenvalue weighted by Crippen LogP contribution is 2.32. The van der Waals surface area contributed by atoms with Gasteiger partial charge >= 0.3 is 0 Å². The van der Waals surface area contributed by atoms with Crippen LogP contribution in [0.3, 0.4) is 0 Å². The number of aryl methyl sites for hydroxylation is 1. The molecule has 0 aliphatic carbocycles. The highest BCUT2D eigenvalue weighted by molar-refractivity contribution is 7.99. The Morgan fingerprint density at radius 1 is 1.04 bits per heavy atom. The van der Waals surface area contributed by atoms with Gasteiger partial charge in [0.25, 0.3) is 0 Å². The first-order chi connectivity index (χ1) is 13.7. The van der Waals surface area contributed by atoms with Crippen LogP contribution in [0.1, 0.15) is 16.7 Å². The van der Waals surface area contributed by atoms with Gasteiger partial charge in [-0.25, -0.2) is 0 Å². The molecule has 6 heteroatoms. The van der Waals surface area contributed by atoms with E-state index in [1.54, 1.807) is 11.8 Å². The zero-order chi connectivity index (χ0) is 19.3. The molecule has 28 heavy (non-hydrogen) atoms. The summed E-state index contributed by atoms with van der Waals surface area (Å²) in [7, 11) is 0. The van der Waals surface area contributed by atoms with Gasteiger partial charge in [0.1, 0.15) is 6.54 Å². The molecule has 2 heterocycles. The van der Waals surface area contributed by atoms with E-state index >= 15 is 0 Å². The first-order valence-corrected chi connectivity index (χ1v) is 11.0. The van der Waals surface area contributed by atoms with Gasteiger partial charge in [-0.3, -0.25) is 4.79 Å². The molecular formula is C22H27N2O3S+. The predicted octanol–water partition coefficient (Wildman–Crippen LogP) is 1.88. The van der Waals surface area contributed by atoms with E-state index in [1.165, 1.54) is 21.6 Å². The molecule has 0 atom stereocenters. The highest BCUT2D eigenvalue weighted by atomic mass is 32.2. The first kappa shape index (κ1) is 19.2. The van der Waals surface area contributed by atoms with E-state index < -0.39 is 0 Å². The van der Waals surface area contributed by atoms with Crippen molar-refractivity contribution in [3.05, 3.63) is 59.2 Å². The Balaban J connectivity index is 1.19. The summed E-state index contributed by atoms with van der Waals surface area (Å²) in [5, 5.41) is 0. The van der Waals surface area contributed by atoms with Crippen LogP contribution in [0.25, 0.3) is 0 Å². The molecule has 2 aromatic carbocycles. The quantitative estimate of drug-likeness (QED) is 0.806. The van der Waals surface area contributed by atoms with Gasteiger partial charge in [0, 0.05) is 11.3 Å². The Hall–Kier alpha value is -2.18. The highest BCUT2D eigenvalue weighted by Gasteiger charge is 2.24. The van der Waals surface area contributed by atoms with Crippen molar-refractivity contribution in [1.82, 2.24) is 4.90 Å². The maximum Gasteiger partial charge on any atom is 0.232 e. The van der Waals surface area contributed by atoms with Crippen molar-refractivity contribution < 1.29 is 19.2 Å². The van der Waals surface area contributed by atoms with Gasteiger partial charge in [-0.05, 0) is 30.7 Å². The van der Waals surface area contributed by atoms with E-state index in [4.69, 9.17) is 9.47 Å². The molecule has 1 N–H and O–H groups in total. The van der Waals surface area contributed by atoms with Crippen LogP contribution in [-0.4, -0.2) is 49.5 Å². The summed E-state index contributed by atoms with van der Waals surface area (Å²) in [6.07, 6.45) is 0. The average molecular weight is 400 g/mol. The maximum absolute atomic E-state index is 12.5. The van der Waals surface area contributed by atoms with Gasteiger partial charge in [0.15, 0.2) is 11.5 Å². The number of carbonyl (C=O) groups is 1. The van der Waals surface area contributed by atoms with Gasteiger partial charge in [0.05, 0.1) is 31.9 Å². The van der Waals surface area contributed by atoms with Gasteiger partial charge in [-0.15, -0.1) is 11.8 Å². The molecule has 0 radical (unpaired) electrons. The van der Waals surface area contributed by atoms with E-state index in [0.717, 1.165) is 50.0 Å². The van der Waals surface area contributed by atoms with Gasteiger partial charge in [-0.2, -0.15) is 0 Å². The van der Waals surface area contributed by atoms with E-state index in [-0.39, 0.29) is 5.91 Å². The van der Waals surface area contributed by atoms with Crippen LogP contribution in [0.2, 0.25) is 0 Å². The molecular weight excluding hydrogens is 372 g/mol. The number of fused-ring (bicyclic) bond motifs is 1. The molecule has 2 aliphatic heterocycles. The van der Waals surface area contributed by atoms with Crippen LogP contribution in [-0.2, 0) is 17.1 Å². The molecule has 148 valence electrons. The zero-order valence-corrected chi connectivity index (χ0v) is 17.1. The third kappa shape index (κ3) is 4.80. The lowest BCUT2D eigenvalue weighted by Crippen LogP contribution is -3.13. The molecule has 0 saturated carbocycles. The van der Waals surface area contributed by atoms with Crippen molar-refractivity contribution in [2.24, 2.45) is 0 Å². The second-order valence-corrected chi connectivity index (χ2v) is 8.46. The molecule has 2 aromatic rings. The fraction of sp³-hybridized carbons (Fsp3) is 0.409. The molecule has 0 spiro atoms. The monoisotopic (exact) mass is 399 g/mol. The largest absolute Gasteiger partial charge is 0.454 e. The number of quaternary nitrogens is 1. The minimum Gasteiger partial charge on any atom is -0.454 e. The molecule has 5 nitrogen and oxygen atoms in total. The van der Waals surface area contributed by atoms with E-state index in [1.807, 2.05) is 11.0 Å². The Morgan fingerprint density at radius 3 is 2.54 bits per heavy atom. The van der Waals surface area contributed by atoms with Crippen LogP contribution in [0.15, 0.2) is 42.5 Å². The topological polar surface area (TPSA) is 43.2 Å². The van der Waals surface area contributed by atoms with Gasteiger partial charge in [-0.1, -0.05) is 29.8 Å². The summed E-state index contributed by atoms with van der Waals surface area (Å²) in [5.74, 6) is 3.39. The first-order valence-electron chi connectivity index (χ1n) is 9.80. The fourth-order valence-electron chi connectivity index (χ4n) is 3.62. The van der Waals surface area contributed by atoms with Crippen molar-refractivity contribution >= 4 is 17.7 Å². The van der Waals surface area contributed by atoms with E-state index in [2.05, 4.69) is 43.3 Å². The third-order valence-corrected chi connectivity index (χ3v) is 6.32. The lowest BCUT2D eigenvalue weighted by Gasteiger charge is -2.32. The number of nitrogens with one attached hydrogen (secondary N) is 1. The number of nitrogens with zero attached hydrogens (tertiary/aromatic N) is 1. The Morgan fingerprint density at radius 2 is 1.75 bits per heavy atom. The Labute approximate surface area is 170 Å². The molecule has 0 bridgehead atoms. The molecule has 0 unspecified atom stereocenters. The van der Waals surface area contributed by atoms with Gasteiger partial charge in [0.2, 0.25) is 12.7 Å². The number of amides is 1. The van der Waals surface area contributed by atoms with Crippen molar-refractivity contribution in [2.75, 3.05) is 38.7 Å². The second-order valence-electron chi connectivity index (χ2n) is 7.47. The molecule has 4 rings (SSSR count). The second kappa shape index (κ2) is 8.88. The van der Waals surface area contributed by atoms with Gasteiger partial charge < -0.3 is 19.3 Å².